The Morgan fingerprint density at radius 2 is 2.26 bits per heavy atom. The molecule has 2 rings (SSSR count). The zero-order chi connectivity index (χ0) is 14.0. The van der Waals surface area contributed by atoms with E-state index >= 15 is 0 Å². The van der Waals surface area contributed by atoms with E-state index in [1.54, 1.807) is 6.07 Å². The molecule has 0 bridgehead atoms. The van der Waals surface area contributed by atoms with Crippen molar-refractivity contribution in [2.75, 3.05) is 7.05 Å². The standard InChI is InChI=1S/C11H13N3O4S/c1-13-9(15)4-3-8(11(13)16)12-6-7-2-5-10(19-7)14(17)18/h2,5,8,12H,3-4,6H2,1H3. The molecule has 1 aliphatic rings. The van der Waals surface area contributed by atoms with E-state index < -0.39 is 11.0 Å². The number of likely N-dealkylation sites (tertiary alicyclic amines) is 1. The SMILES string of the molecule is CN1C(=O)CCC(NCc2ccc([N+](=O)[O-])s2)C1=O. The first-order valence-corrected chi connectivity index (χ1v) is 6.57. The predicted molar refractivity (Wildman–Crippen MR) is 68.6 cm³/mol. The Kier molecular flexibility index (Phi) is 3.91. The molecule has 1 aliphatic heterocycles. The molecule has 0 radical (unpaired) electrons. The highest BCUT2D eigenvalue weighted by molar-refractivity contribution is 7.15. The van der Waals surface area contributed by atoms with Crippen LogP contribution >= 0.6 is 11.3 Å². The highest BCUT2D eigenvalue weighted by Gasteiger charge is 2.31. The number of carbonyl (C=O) groups is 2. The zero-order valence-electron chi connectivity index (χ0n) is 10.3. The smallest absolute Gasteiger partial charge is 0.301 e. The second-order valence-electron chi connectivity index (χ2n) is 4.26. The van der Waals surface area contributed by atoms with Gasteiger partial charge in [0.15, 0.2) is 0 Å². The van der Waals surface area contributed by atoms with E-state index in [1.165, 1.54) is 13.1 Å². The van der Waals surface area contributed by atoms with Crippen molar-refractivity contribution in [3.05, 3.63) is 27.1 Å². The molecule has 1 saturated heterocycles. The van der Waals surface area contributed by atoms with Gasteiger partial charge in [-0.3, -0.25) is 24.6 Å². The van der Waals surface area contributed by atoms with Crippen molar-refractivity contribution in [1.82, 2.24) is 10.2 Å². The summed E-state index contributed by atoms with van der Waals surface area (Å²) < 4.78 is 0. The number of imide groups is 1. The average Bonchev–Trinajstić information content (AvgIpc) is 2.84. The van der Waals surface area contributed by atoms with Gasteiger partial charge >= 0.3 is 5.00 Å². The van der Waals surface area contributed by atoms with E-state index in [1.807, 2.05) is 0 Å². The molecule has 0 aliphatic carbocycles. The summed E-state index contributed by atoms with van der Waals surface area (Å²) in [6.45, 7) is 0.386. The normalized spacial score (nSPS) is 19.8. The number of carbonyl (C=O) groups excluding carboxylic acids is 2. The molecule has 2 heterocycles. The van der Waals surface area contributed by atoms with Crippen molar-refractivity contribution in [2.45, 2.75) is 25.4 Å². The lowest BCUT2D eigenvalue weighted by atomic mass is 10.0. The number of hydrogen-bond donors (Lipinski definition) is 1. The Labute approximate surface area is 113 Å². The number of hydrogen-bond acceptors (Lipinski definition) is 6. The average molecular weight is 283 g/mol. The van der Waals surface area contributed by atoms with Gasteiger partial charge in [-0.1, -0.05) is 11.3 Å². The molecule has 8 heteroatoms. The molecule has 1 fully saturated rings. The van der Waals surface area contributed by atoms with Crippen LogP contribution in [0.5, 0.6) is 0 Å². The Morgan fingerprint density at radius 3 is 2.89 bits per heavy atom. The van der Waals surface area contributed by atoms with Crippen molar-refractivity contribution >= 4 is 28.2 Å². The minimum Gasteiger partial charge on any atom is -0.301 e. The first-order valence-electron chi connectivity index (χ1n) is 5.76. The lowest BCUT2D eigenvalue weighted by Crippen LogP contribution is -2.51. The molecule has 1 aromatic rings. The summed E-state index contributed by atoms with van der Waals surface area (Å²) in [4.78, 5) is 35.1. The monoisotopic (exact) mass is 283 g/mol. The van der Waals surface area contributed by atoms with Crippen molar-refractivity contribution in [3.63, 3.8) is 0 Å². The maximum absolute atomic E-state index is 11.8. The third-order valence-electron chi connectivity index (χ3n) is 3.00. The van der Waals surface area contributed by atoms with Gasteiger partial charge in [0.2, 0.25) is 11.8 Å². The summed E-state index contributed by atoms with van der Waals surface area (Å²) >= 11 is 1.08. The van der Waals surface area contributed by atoms with Gasteiger partial charge in [0.05, 0.1) is 11.0 Å². The van der Waals surface area contributed by atoms with Crippen molar-refractivity contribution in [1.29, 1.82) is 0 Å². The van der Waals surface area contributed by atoms with Crippen molar-refractivity contribution in [3.8, 4) is 0 Å². The van der Waals surface area contributed by atoms with Crippen LogP contribution in [0.3, 0.4) is 0 Å². The fourth-order valence-corrected chi connectivity index (χ4v) is 2.66. The highest BCUT2D eigenvalue weighted by Crippen LogP contribution is 2.24. The fourth-order valence-electron chi connectivity index (χ4n) is 1.89. The van der Waals surface area contributed by atoms with Gasteiger partial charge in [-0.2, -0.15) is 0 Å². The van der Waals surface area contributed by atoms with Crippen LogP contribution in [0.15, 0.2) is 12.1 Å². The molecule has 2 amide bonds. The quantitative estimate of drug-likeness (QED) is 0.503. The molecule has 1 aromatic heterocycles. The van der Waals surface area contributed by atoms with E-state index in [0.717, 1.165) is 21.1 Å². The van der Waals surface area contributed by atoms with Crippen LogP contribution in [-0.2, 0) is 16.1 Å². The highest BCUT2D eigenvalue weighted by atomic mass is 32.1. The number of piperidine rings is 1. The van der Waals surface area contributed by atoms with Gasteiger partial charge < -0.3 is 5.32 Å². The summed E-state index contributed by atoms with van der Waals surface area (Å²) in [6, 6.07) is 2.71. The van der Waals surface area contributed by atoms with Crippen molar-refractivity contribution in [2.24, 2.45) is 0 Å². The number of amides is 2. The first-order chi connectivity index (χ1) is 8.99. The summed E-state index contributed by atoms with van der Waals surface area (Å²) in [5.41, 5.74) is 0. The van der Waals surface area contributed by atoms with E-state index in [-0.39, 0.29) is 16.8 Å². The van der Waals surface area contributed by atoms with E-state index in [9.17, 15) is 19.7 Å². The Hall–Kier alpha value is -1.80. The number of thiophene rings is 1. The Bertz CT molecular complexity index is 528. The third kappa shape index (κ3) is 2.96. The largest absolute Gasteiger partial charge is 0.324 e. The van der Waals surface area contributed by atoms with Gasteiger partial charge in [0.1, 0.15) is 0 Å². The third-order valence-corrected chi connectivity index (χ3v) is 4.04. The molecule has 1 N–H and O–H groups in total. The summed E-state index contributed by atoms with van der Waals surface area (Å²) in [5.74, 6) is -0.419. The first kappa shape index (κ1) is 13.6. The van der Waals surface area contributed by atoms with Crippen LogP contribution in [0.25, 0.3) is 0 Å². The molecule has 0 saturated carbocycles. The van der Waals surface area contributed by atoms with Gasteiger partial charge in [-0.25, -0.2) is 0 Å². The summed E-state index contributed by atoms with van der Waals surface area (Å²) in [7, 11) is 1.47. The van der Waals surface area contributed by atoms with Crippen LogP contribution in [0.1, 0.15) is 17.7 Å². The summed E-state index contributed by atoms with van der Waals surface area (Å²) in [6.07, 6.45) is 0.806. The number of nitrogens with one attached hydrogen (secondary N) is 1. The maximum Gasteiger partial charge on any atom is 0.324 e. The predicted octanol–water partition coefficient (Wildman–Crippen LogP) is 0.893. The van der Waals surface area contributed by atoms with Crippen molar-refractivity contribution < 1.29 is 14.5 Å². The fraction of sp³-hybridized carbons (Fsp3) is 0.455. The van der Waals surface area contributed by atoms with Gasteiger partial charge in [-0.05, 0) is 12.5 Å². The second-order valence-corrected chi connectivity index (χ2v) is 5.41. The van der Waals surface area contributed by atoms with E-state index in [4.69, 9.17) is 0 Å². The molecule has 102 valence electrons. The van der Waals surface area contributed by atoms with Crippen LogP contribution < -0.4 is 5.32 Å². The van der Waals surface area contributed by atoms with Crippen LogP contribution in [0.4, 0.5) is 5.00 Å². The van der Waals surface area contributed by atoms with Gasteiger partial charge in [0, 0.05) is 31.0 Å². The molecule has 0 spiro atoms. The minimum absolute atomic E-state index is 0.0825. The lowest BCUT2D eigenvalue weighted by Gasteiger charge is -2.28. The molecule has 7 nitrogen and oxygen atoms in total. The zero-order valence-corrected chi connectivity index (χ0v) is 11.1. The topological polar surface area (TPSA) is 92.6 Å². The molecule has 1 atom stereocenters. The van der Waals surface area contributed by atoms with Gasteiger partial charge in [0.25, 0.3) is 0 Å². The van der Waals surface area contributed by atoms with Crippen LogP contribution in [0.2, 0.25) is 0 Å². The molecule has 0 aromatic carbocycles. The number of nitro groups is 1. The Morgan fingerprint density at radius 1 is 1.53 bits per heavy atom. The van der Waals surface area contributed by atoms with E-state index in [2.05, 4.69) is 5.32 Å². The molecular formula is C11H13N3O4S. The van der Waals surface area contributed by atoms with Crippen LogP contribution in [-0.4, -0.2) is 34.7 Å². The summed E-state index contributed by atoms with van der Waals surface area (Å²) in [5, 5.41) is 13.7. The molecule has 19 heavy (non-hydrogen) atoms. The number of nitrogens with zero attached hydrogens (tertiary/aromatic N) is 2. The second kappa shape index (κ2) is 5.45. The molecular weight excluding hydrogens is 270 g/mol. The lowest BCUT2D eigenvalue weighted by molar-refractivity contribution is -0.380. The maximum atomic E-state index is 11.8. The van der Waals surface area contributed by atoms with E-state index in [0.29, 0.717) is 19.4 Å². The number of rotatable bonds is 4. The molecule has 1 unspecified atom stereocenters. The number of likely N-dealkylation sites (N-methyl/N-ethyl adjacent to an activating group) is 1. The minimum atomic E-state index is -0.438. The van der Waals surface area contributed by atoms with Crippen LogP contribution in [0, 0.1) is 10.1 Å². The van der Waals surface area contributed by atoms with Gasteiger partial charge in [-0.15, -0.1) is 0 Å². The Balaban J connectivity index is 1.93.